The van der Waals surface area contributed by atoms with Gasteiger partial charge in [-0.25, -0.2) is 0 Å². The normalized spacial score (nSPS) is 11.6. The number of amides is 1. The summed E-state index contributed by atoms with van der Waals surface area (Å²) in [5.74, 6) is -1.18. The molecule has 1 rings (SSSR count). The van der Waals surface area contributed by atoms with E-state index in [0.717, 1.165) is 5.69 Å². The van der Waals surface area contributed by atoms with Crippen molar-refractivity contribution in [3.05, 3.63) is 30.3 Å². The molecular weight excluding hydrogens is 246 g/mol. The lowest BCUT2D eigenvalue weighted by Gasteiger charge is -2.09. The van der Waals surface area contributed by atoms with Crippen molar-refractivity contribution in [2.24, 2.45) is 5.73 Å². The molecule has 0 aliphatic carbocycles. The number of nitrogens with one attached hydrogen (secondary N) is 2. The minimum Gasteiger partial charge on any atom is -0.480 e. The summed E-state index contributed by atoms with van der Waals surface area (Å²) in [7, 11) is 0. The highest BCUT2D eigenvalue weighted by molar-refractivity contribution is 5.76. The van der Waals surface area contributed by atoms with Gasteiger partial charge in [-0.3, -0.25) is 9.59 Å². The van der Waals surface area contributed by atoms with Crippen molar-refractivity contribution in [1.82, 2.24) is 5.32 Å². The van der Waals surface area contributed by atoms with Gasteiger partial charge in [0, 0.05) is 25.2 Å². The van der Waals surface area contributed by atoms with E-state index in [1.807, 2.05) is 30.3 Å². The average Bonchev–Trinajstić information content (AvgIpc) is 2.39. The zero-order valence-corrected chi connectivity index (χ0v) is 10.6. The molecule has 104 valence electrons. The predicted octanol–water partition coefficient (Wildman–Crippen LogP) is 0.407. The van der Waals surface area contributed by atoms with Crippen LogP contribution >= 0.6 is 0 Å². The molecule has 0 unspecified atom stereocenters. The van der Waals surface area contributed by atoms with Gasteiger partial charge in [-0.1, -0.05) is 18.2 Å². The van der Waals surface area contributed by atoms with Gasteiger partial charge in [0.2, 0.25) is 5.91 Å². The fourth-order valence-corrected chi connectivity index (χ4v) is 1.46. The second-order valence-electron chi connectivity index (χ2n) is 4.13. The van der Waals surface area contributed by atoms with E-state index < -0.39 is 12.0 Å². The highest BCUT2D eigenvalue weighted by Crippen LogP contribution is 2.04. The van der Waals surface area contributed by atoms with Gasteiger partial charge in [0.05, 0.1) is 0 Å². The number of carboxylic acids is 1. The van der Waals surface area contributed by atoms with Gasteiger partial charge in [-0.05, 0) is 18.6 Å². The summed E-state index contributed by atoms with van der Waals surface area (Å²) < 4.78 is 0. The van der Waals surface area contributed by atoms with Crippen molar-refractivity contribution in [3.8, 4) is 0 Å². The first-order chi connectivity index (χ1) is 9.09. The lowest BCUT2D eigenvalue weighted by molar-refractivity contribution is -0.138. The Balaban J connectivity index is 2.10. The van der Waals surface area contributed by atoms with Crippen LogP contribution in [0.3, 0.4) is 0 Å². The summed E-state index contributed by atoms with van der Waals surface area (Å²) in [6.07, 6.45) is 0.560. The largest absolute Gasteiger partial charge is 0.480 e. The molecule has 0 saturated carbocycles. The zero-order valence-electron chi connectivity index (χ0n) is 10.6. The number of carbonyl (C=O) groups excluding carboxylic acids is 1. The van der Waals surface area contributed by atoms with Crippen molar-refractivity contribution in [3.63, 3.8) is 0 Å². The van der Waals surface area contributed by atoms with Crippen LogP contribution in [-0.4, -0.2) is 36.1 Å². The minimum atomic E-state index is -1.06. The number of hydrogen-bond acceptors (Lipinski definition) is 4. The topological polar surface area (TPSA) is 104 Å². The second kappa shape index (κ2) is 8.10. The van der Waals surface area contributed by atoms with E-state index in [1.54, 1.807) is 0 Å². The van der Waals surface area contributed by atoms with Crippen LogP contribution < -0.4 is 16.4 Å². The summed E-state index contributed by atoms with van der Waals surface area (Å²) >= 11 is 0. The molecule has 0 bridgehead atoms. The second-order valence-corrected chi connectivity index (χ2v) is 4.13. The maximum absolute atomic E-state index is 11.4. The molecule has 19 heavy (non-hydrogen) atoms. The van der Waals surface area contributed by atoms with Gasteiger partial charge in [0.25, 0.3) is 0 Å². The van der Waals surface area contributed by atoms with Gasteiger partial charge in [-0.15, -0.1) is 0 Å². The predicted molar refractivity (Wildman–Crippen MR) is 72.8 cm³/mol. The number of hydrogen-bond donors (Lipinski definition) is 4. The Morgan fingerprint density at radius 3 is 2.53 bits per heavy atom. The Morgan fingerprint density at radius 2 is 1.89 bits per heavy atom. The van der Waals surface area contributed by atoms with Crippen molar-refractivity contribution in [2.75, 3.05) is 18.4 Å². The number of aliphatic carboxylic acids is 1. The number of rotatable bonds is 8. The van der Waals surface area contributed by atoms with Gasteiger partial charge >= 0.3 is 5.97 Å². The maximum Gasteiger partial charge on any atom is 0.320 e. The van der Waals surface area contributed by atoms with Crippen LogP contribution in [0, 0.1) is 0 Å². The summed E-state index contributed by atoms with van der Waals surface area (Å²) in [5, 5.41) is 14.3. The van der Waals surface area contributed by atoms with Crippen LogP contribution in [0.1, 0.15) is 12.8 Å². The van der Waals surface area contributed by atoms with Crippen LogP contribution in [0.2, 0.25) is 0 Å². The first-order valence-corrected chi connectivity index (χ1v) is 6.13. The summed E-state index contributed by atoms with van der Waals surface area (Å²) in [6, 6.07) is 8.66. The Bertz CT molecular complexity index is 409. The summed E-state index contributed by atoms with van der Waals surface area (Å²) in [6.45, 7) is 0.804. The van der Waals surface area contributed by atoms with Crippen molar-refractivity contribution >= 4 is 17.6 Å². The Kier molecular flexibility index (Phi) is 6.38. The first-order valence-electron chi connectivity index (χ1n) is 6.13. The molecule has 0 spiro atoms. The molecular formula is C13H19N3O3. The Hall–Kier alpha value is -2.08. The van der Waals surface area contributed by atoms with Crippen LogP contribution in [0.25, 0.3) is 0 Å². The van der Waals surface area contributed by atoms with Crippen LogP contribution in [0.5, 0.6) is 0 Å². The van der Waals surface area contributed by atoms with Crippen LogP contribution in [0.15, 0.2) is 30.3 Å². The number of carboxylic acid groups (broad SMARTS) is 1. The fraction of sp³-hybridized carbons (Fsp3) is 0.385. The molecule has 0 radical (unpaired) electrons. The lowest BCUT2D eigenvalue weighted by Crippen LogP contribution is -2.35. The maximum atomic E-state index is 11.4. The number of carbonyl (C=O) groups is 2. The highest BCUT2D eigenvalue weighted by atomic mass is 16.4. The molecule has 0 aliphatic heterocycles. The SMILES string of the molecule is N[C@@H](CCNC(=O)CCNc1ccccc1)C(=O)O. The zero-order chi connectivity index (χ0) is 14.1. The molecule has 0 heterocycles. The molecule has 0 aromatic heterocycles. The molecule has 1 amide bonds. The minimum absolute atomic E-state index is 0.124. The summed E-state index contributed by atoms with van der Waals surface area (Å²) in [4.78, 5) is 21.9. The first kappa shape index (κ1) is 15.0. The quantitative estimate of drug-likeness (QED) is 0.545. The monoisotopic (exact) mass is 265 g/mol. The van der Waals surface area contributed by atoms with E-state index in [-0.39, 0.29) is 18.9 Å². The molecule has 0 aliphatic rings. The molecule has 1 aromatic rings. The third kappa shape index (κ3) is 6.42. The lowest BCUT2D eigenvalue weighted by atomic mass is 10.2. The van der Waals surface area contributed by atoms with Crippen LogP contribution in [0.4, 0.5) is 5.69 Å². The number of nitrogens with two attached hydrogens (primary N) is 1. The van der Waals surface area contributed by atoms with Gasteiger partial charge in [0.1, 0.15) is 6.04 Å². The van der Waals surface area contributed by atoms with E-state index >= 15 is 0 Å². The molecule has 1 atom stereocenters. The molecule has 6 nitrogen and oxygen atoms in total. The highest BCUT2D eigenvalue weighted by Gasteiger charge is 2.11. The Morgan fingerprint density at radius 1 is 1.21 bits per heavy atom. The number of benzene rings is 1. The molecule has 5 N–H and O–H groups in total. The Labute approximate surface area is 112 Å². The van der Waals surface area contributed by atoms with Crippen molar-refractivity contribution < 1.29 is 14.7 Å². The van der Waals surface area contributed by atoms with E-state index in [0.29, 0.717) is 13.0 Å². The number of para-hydroxylation sites is 1. The third-order valence-electron chi connectivity index (χ3n) is 2.55. The third-order valence-corrected chi connectivity index (χ3v) is 2.55. The van der Waals surface area contributed by atoms with Gasteiger partial charge in [-0.2, -0.15) is 0 Å². The fourth-order valence-electron chi connectivity index (χ4n) is 1.46. The van der Waals surface area contributed by atoms with Gasteiger partial charge in [0.15, 0.2) is 0 Å². The van der Waals surface area contributed by atoms with Crippen molar-refractivity contribution in [1.29, 1.82) is 0 Å². The molecule has 0 saturated heterocycles. The molecule has 1 aromatic carbocycles. The smallest absolute Gasteiger partial charge is 0.320 e. The van der Waals surface area contributed by atoms with E-state index in [1.165, 1.54) is 0 Å². The standard InChI is InChI=1S/C13H19N3O3/c14-11(13(18)19)6-8-16-12(17)7-9-15-10-4-2-1-3-5-10/h1-5,11,15H,6-9,14H2,(H,16,17)(H,18,19)/t11-/m0/s1. The molecule has 0 fully saturated rings. The summed E-state index contributed by atoms with van der Waals surface area (Å²) in [5.41, 5.74) is 6.28. The van der Waals surface area contributed by atoms with E-state index in [2.05, 4.69) is 10.6 Å². The van der Waals surface area contributed by atoms with Crippen molar-refractivity contribution in [2.45, 2.75) is 18.9 Å². The van der Waals surface area contributed by atoms with E-state index in [9.17, 15) is 9.59 Å². The average molecular weight is 265 g/mol. The van der Waals surface area contributed by atoms with Crippen LogP contribution in [-0.2, 0) is 9.59 Å². The van der Waals surface area contributed by atoms with E-state index in [4.69, 9.17) is 10.8 Å². The molecule has 6 heteroatoms. The van der Waals surface area contributed by atoms with Gasteiger partial charge < -0.3 is 21.5 Å². The number of anilines is 1.